The quantitative estimate of drug-likeness (QED) is 0.358. The van der Waals surface area contributed by atoms with Crippen molar-refractivity contribution in [2.75, 3.05) is 24.4 Å². The Bertz CT molecular complexity index is 1300. The molecule has 0 saturated heterocycles. The number of carbonyl (C=O) groups is 1. The average molecular weight is 446 g/mol. The smallest absolute Gasteiger partial charge is 0.323 e. The van der Waals surface area contributed by atoms with E-state index >= 15 is 0 Å². The predicted octanol–water partition coefficient (Wildman–Crippen LogP) is 5.18. The summed E-state index contributed by atoms with van der Waals surface area (Å²) in [5.41, 5.74) is 1.64. The molecule has 0 aliphatic heterocycles. The molecule has 0 spiro atoms. The molecule has 0 saturated carbocycles. The lowest BCUT2D eigenvalue weighted by Crippen LogP contribution is -2.19. The standard InChI is InChI=1S/C24H22N4O5/c1-3-32-17-8-4-6-15(10-17)27-24(30)28-16-7-5-9-18(11-16)33-23-19-12-22(31-2)21(29)13-20(19)25-14-26-23/h4-14,29H,3H2,1-2H3,(H2,27,28,30). The summed E-state index contributed by atoms with van der Waals surface area (Å²) in [7, 11) is 1.46. The number of hydrogen-bond acceptors (Lipinski definition) is 7. The number of benzene rings is 3. The fourth-order valence-electron chi connectivity index (χ4n) is 3.17. The van der Waals surface area contributed by atoms with Crippen molar-refractivity contribution in [1.29, 1.82) is 0 Å². The van der Waals surface area contributed by atoms with Gasteiger partial charge in [-0.3, -0.25) is 0 Å². The van der Waals surface area contributed by atoms with Gasteiger partial charge in [-0.2, -0.15) is 0 Å². The largest absolute Gasteiger partial charge is 0.504 e. The summed E-state index contributed by atoms with van der Waals surface area (Å²) in [6.45, 7) is 2.44. The number of nitrogens with zero attached hydrogens (tertiary/aromatic N) is 2. The van der Waals surface area contributed by atoms with Crippen LogP contribution in [0.2, 0.25) is 0 Å². The first-order chi connectivity index (χ1) is 16.1. The minimum atomic E-state index is -0.409. The van der Waals surface area contributed by atoms with Gasteiger partial charge in [0.05, 0.1) is 24.6 Å². The van der Waals surface area contributed by atoms with Crippen molar-refractivity contribution in [3.05, 3.63) is 67.0 Å². The van der Waals surface area contributed by atoms with E-state index in [1.165, 1.54) is 19.5 Å². The molecule has 1 heterocycles. The summed E-state index contributed by atoms with van der Waals surface area (Å²) in [5, 5.41) is 16.1. The van der Waals surface area contributed by atoms with Gasteiger partial charge in [0.25, 0.3) is 0 Å². The molecule has 0 atom stereocenters. The van der Waals surface area contributed by atoms with Crippen LogP contribution < -0.4 is 24.8 Å². The Balaban J connectivity index is 1.49. The van der Waals surface area contributed by atoms with Crippen LogP contribution in [0, 0.1) is 0 Å². The Labute approximate surface area is 190 Å². The van der Waals surface area contributed by atoms with Gasteiger partial charge in [-0.25, -0.2) is 14.8 Å². The van der Waals surface area contributed by atoms with Gasteiger partial charge < -0.3 is 30.0 Å². The minimum absolute atomic E-state index is 0.0290. The van der Waals surface area contributed by atoms with Crippen LogP contribution in [0.15, 0.2) is 67.0 Å². The molecule has 4 aromatic rings. The molecule has 3 N–H and O–H groups in total. The van der Waals surface area contributed by atoms with Gasteiger partial charge in [-0.05, 0) is 37.3 Å². The first kappa shape index (κ1) is 21.7. The molecule has 4 rings (SSSR count). The number of aromatic hydroxyl groups is 1. The lowest BCUT2D eigenvalue weighted by atomic mass is 10.2. The van der Waals surface area contributed by atoms with Crippen molar-refractivity contribution < 1.29 is 24.1 Å². The number of rotatable bonds is 7. The second kappa shape index (κ2) is 9.73. The number of methoxy groups -OCH3 is 1. The molecule has 1 aromatic heterocycles. The first-order valence-corrected chi connectivity index (χ1v) is 10.2. The number of carbonyl (C=O) groups excluding carboxylic acids is 1. The predicted molar refractivity (Wildman–Crippen MR) is 125 cm³/mol. The molecule has 0 radical (unpaired) electrons. The molecular weight excluding hydrogens is 424 g/mol. The summed E-state index contributed by atoms with van der Waals surface area (Å²) in [5.74, 6) is 1.67. The number of aromatic nitrogens is 2. The molecule has 0 bridgehead atoms. The van der Waals surface area contributed by atoms with Crippen molar-refractivity contribution in [2.24, 2.45) is 0 Å². The maximum atomic E-state index is 12.4. The normalized spacial score (nSPS) is 10.5. The van der Waals surface area contributed by atoms with E-state index in [0.717, 1.165) is 0 Å². The van der Waals surface area contributed by atoms with Gasteiger partial charge in [0, 0.05) is 29.6 Å². The van der Waals surface area contributed by atoms with E-state index in [0.29, 0.717) is 40.4 Å². The van der Waals surface area contributed by atoms with E-state index in [1.54, 1.807) is 48.5 Å². The van der Waals surface area contributed by atoms with E-state index in [2.05, 4.69) is 20.6 Å². The second-order valence-electron chi connectivity index (χ2n) is 6.89. The van der Waals surface area contributed by atoms with Crippen LogP contribution in [0.1, 0.15) is 6.92 Å². The molecule has 2 amide bonds. The highest BCUT2D eigenvalue weighted by molar-refractivity contribution is 6.00. The van der Waals surface area contributed by atoms with E-state index < -0.39 is 6.03 Å². The van der Waals surface area contributed by atoms with Gasteiger partial charge in [0.15, 0.2) is 11.5 Å². The molecule has 9 nitrogen and oxygen atoms in total. The third-order valence-electron chi connectivity index (χ3n) is 4.61. The number of amides is 2. The third-order valence-corrected chi connectivity index (χ3v) is 4.61. The summed E-state index contributed by atoms with van der Waals surface area (Å²) in [4.78, 5) is 20.8. The number of nitrogens with one attached hydrogen (secondary N) is 2. The zero-order valence-electron chi connectivity index (χ0n) is 18.0. The minimum Gasteiger partial charge on any atom is -0.504 e. The number of urea groups is 1. The molecule has 0 aliphatic carbocycles. The fourth-order valence-corrected chi connectivity index (χ4v) is 3.17. The number of phenols is 1. The van der Waals surface area contributed by atoms with Crippen molar-refractivity contribution in [1.82, 2.24) is 9.97 Å². The van der Waals surface area contributed by atoms with Crippen molar-refractivity contribution in [2.45, 2.75) is 6.92 Å². The molecule has 3 aromatic carbocycles. The van der Waals surface area contributed by atoms with Gasteiger partial charge in [0.1, 0.15) is 17.8 Å². The van der Waals surface area contributed by atoms with Gasteiger partial charge >= 0.3 is 6.03 Å². The van der Waals surface area contributed by atoms with Gasteiger partial charge in [0.2, 0.25) is 5.88 Å². The highest BCUT2D eigenvalue weighted by Crippen LogP contribution is 2.35. The van der Waals surface area contributed by atoms with Crippen molar-refractivity contribution >= 4 is 28.3 Å². The van der Waals surface area contributed by atoms with Crippen LogP contribution in [0.4, 0.5) is 16.2 Å². The second-order valence-corrected chi connectivity index (χ2v) is 6.89. The average Bonchev–Trinajstić information content (AvgIpc) is 2.79. The summed E-state index contributed by atoms with van der Waals surface area (Å²) in [6, 6.07) is 16.7. The lowest BCUT2D eigenvalue weighted by molar-refractivity contribution is 0.262. The van der Waals surface area contributed by atoms with Crippen LogP contribution in [-0.4, -0.2) is 34.8 Å². The van der Waals surface area contributed by atoms with Gasteiger partial charge in [-0.15, -0.1) is 0 Å². The zero-order chi connectivity index (χ0) is 23.2. The van der Waals surface area contributed by atoms with Crippen LogP contribution in [-0.2, 0) is 0 Å². The topological polar surface area (TPSA) is 115 Å². The van der Waals surface area contributed by atoms with Crippen LogP contribution in [0.3, 0.4) is 0 Å². The third kappa shape index (κ3) is 5.21. The molecule has 33 heavy (non-hydrogen) atoms. The summed E-state index contributed by atoms with van der Waals surface area (Å²) in [6.07, 6.45) is 1.34. The number of fused-ring (bicyclic) bond motifs is 1. The Morgan fingerprint density at radius 1 is 0.970 bits per heavy atom. The monoisotopic (exact) mass is 446 g/mol. The highest BCUT2D eigenvalue weighted by Gasteiger charge is 2.12. The summed E-state index contributed by atoms with van der Waals surface area (Å²) < 4.78 is 16.6. The SMILES string of the molecule is CCOc1cccc(NC(=O)Nc2cccc(Oc3ncnc4cc(O)c(OC)cc34)c2)c1. The van der Waals surface area contributed by atoms with Crippen LogP contribution in [0.25, 0.3) is 10.9 Å². The molecule has 0 unspecified atom stereocenters. The van der Waals surface area contributed by atoms with Crippen molar-refractivity contribution in [3.8, 4) is 28.9 Å². The Hall–Kier alpha value is -4.53. The number of ether oxygens (including phenoxy) is 3. The van der Waals surface area contributed by atoms with E-state index in [9.17, 15) is 9.90 Å². The number of hydrogen-bond donors (Lipinski definition) is 3. The fraction of sp³-hybridized carbons (Fsp3) is 0.125. The Kier molecular flexibility index (Phi) is 6.40. The van der Waals surface area contributed by atoms with Crippen LogP contribution in [0.5, 0.6) is 28.9 Å². The van der Waals surface area contributed by atoms with E-state index in [1.807, 2.05) is 13.0 Å². The maximum Gasteiger partial charge on any atom is 0.323 e. The maximum absolute atomic E-state index is 12.4. The highest BCUT2D eigenvalue weighted by atomic mass is 16.5. The molecule has 168 valence electrons. The van der Waals surface area contributed by atoms with E-state index in [-0.39, 0.29) is 17.4 Å². The van der Waals surface area contributed by atoms with E-state index in [4.69, 9.17) is 14.2 Å². The number of phenolic OH excluding ortho intramolecular Hbond substituents is 1. The molecule has 0 fully saturated rings. The molecular formula is C24H22N4O5. The Morgan fingerprint density at radius 3 is 2.36 bits per heavy atom. The lowest BCUT2D eigenvalue weighted by Gasteiger charge is -2.12. The summed E-state index contributed by atoms with van der Waals surface area (Å²) >= 11 is 0. The van der Waals surface area contributed by atoms with Crippen molar-refractivity contribution in [3.63, 3.8) is 0 Å². The Morgan fingerprint density at radius 2 is 1.67 bits per heavy atom. The zero-order valence-corrected chi connectivity index (χ0v) is 18.0. The first-order valence-electron chi connectivity index (χ1n) is 10.2. The molecule has 9 heteroatoms. The number of anilines is 2. The van der Waals surface area contributed by atoms with Crippen LogP contribution >= 0.6 is 0 Å². The molecule has 0 aliphatic rings. The van der Waals surface area contributed by atoms with Gasteiger partial charge in [-0.1, -0.05) is 12.1 Å².